The molecular weight excluding hydrogens is 322 g/mol. The molecule has 0 aromatic heterocycles. The van der Waals surface area contributed by atoms with Crippen molar-refractivity contribution in [2.45, 2.75) is 90.1 Å². The number of unbranched alkanes of at least 4 members (excludes halogenated alkanes) is 8. The average molecular weight is 358 g/mol. The van der Waals surface area contributed by atoms with Crippen LogP contribution < -0.4 is 16.2 Å². The van der Waals surface area contributed by atoms with Gasteiger partial charge in [0.1, 0.15) is 0 Å². The Kier molecular flexibility index (Phi) is 12.8. The molecule has 1 atom stereocenters. The van der Waals surface area contributed by atoms with Crippen molar-refractivity contribution in [2.75, 3.05) is 13.2 Å². The Morgan fingerprint density at radius 2 is 1.71 bits per heavy atom. The zero-order chi connectivity index (χ0) is 17.5. The lowest BCUT2D eigenvalue weighted by Crippen LogP contribution is -2.48. The lowest BCUT2D eigenvalue weighted by atomic mass is 10.1. The highest BCUT2D eigenvalue weighted by molar-refractivity contribution is 7.80. The summed E-state index contributed by atoms with van der Waals surface area (Å²) < 4.78 is 5.50. The molecule has 6 heteroatoms. The first kappa shape index (κ1) is 21.2. The van der Waals surface area contributed by atoms with Crippen LogP contribution in [0.5, 0.6) is 0 Å². The maximum Gasteiger partial charge on any atom is 0.238 e. The number of amides is 1. The first-order valence-electron chi connectivity index (χ1n) is 9.66. The topological polar surface area (TPSA) is 62.4 Å². The van der Waals surface area contributed by atoms with Gasteiger partial charge in [-0.2, -0.15) is 0 Å². The molecule has 1 saturated heterocycles. The summed E-state index contributed by atoms with van der Waals surface area (Å²) in [7, 11) is 0. The van der Waals surface area contributed by atoms with Crippen molar-refractivity contribution in [1.29, 1.82) is 0 Å². The number of hydrogen-bond donors (Lipinski definition) is 3. The van der Waals surface area contributed by atoms with Crippen LogP contribution in [0.1, 0.15) is 84.0 Å². The Morgan fingerprint density at radius 3 is 2.33 bits per heavy atom. The van der Waals surface area contributed by atoms with Gasteiger partial charge < -0.3 is 10.1 Å². The number of rotatable bonds is 12. The Labute approximate surface area is 152 Å². The molecule has 1 aliphatic rings. The summed E-state index contributed by atoms with van der Waals surface area (Å²) in [5.41, 5.74) is 5.40. The van der Waals surface area contributed by atoms with Gasteiger partial charge in [-0.25, -0.2) is 0 Å². The second-order valence-electron chi connectivity index (χ2n) is 6.60. The Hall–Kier alpha value is -0.880. The minimum Gasteiger partial charge on any atom is -0.376 e. The zero-order valence-electron chi connectivity index (χ0n) is 15.2. The number of hydrogen-bond acceptors (Lipinski definition) is 3. The third kappa shape index (κ3) is 11.6. The normalized spacial score (nSPS) is 16.8. The molecule has 24 heavy (non-hydrogen) atoms. The minimum atomic E-state index is -0.000729. The van der Waals surface area contributed by atoms with Crippen molar-refractivity contribution in [2.24, 2.45) is 0 Å². The third-order valence-electron chi connectivity index (χ3n) is 4.34. The monoisotopic (exact) mass is 357 g/mol. The van der Waals surface area contributed by atoms with E-state index in [0.717, 1.165) is 32.3 Å². The van der Waals surface area contributed by atoms with E-state index in [2.05, 4.69) is 23.1 Å². The first-order chi connectivity index (χ1) is 11.7. The summed E-state index contributed by atoms with van der Waals surface area (Å²) in [6.07, 6.45) is 14.3. The van der Waals surface area contributed by atoms with Crippen molar-refractivity contribution in [1.82, 2.24) is 16.2 Å². The highest BCUT2D eigenvalue weighted by Crippen LogP contribution is 2.11. The van der Waals surface area contributed by atoms with Gasteiger partial charge in [0.05, 0.1) is 6.10 Å². The lowest BCUT2D eigenvalue weighted by molar-refractivity contribution is -0.121. The standard InChI is InChI=1S/C18H35N3O2S/c1-2-3-4-5-6-7-8-9-10-13-17(22)20-21-18(24)19-15-16-12-11-14-23-16/h16H,2-15H2,1H3,(H,20,22)(H2,19,21,24)/t16-/m0/s1. The van der Waals surface area contributed by atoms with Crippen molar-refractivity contribution in [3.8, 4) is 0 Å². The van der Waals surface area contributed by atoms with Gasteiger partial charge in [-0.15, -0.1) is 0 Å². The summed E-state index contributed by atoms with van der Waals surface area (Å²) in [6.45, 7) is 3.77. The molecule has 0 bridgehead atoms. The molecule has 1 rings (SSSR count). The van der Waals surface area contributed by atoms with Gasteiger partial charge in [0, 0.05) is 19.6 Å². The second-order valence-corrected chi connectivity index (χ2v) is 7.00. The molecule has 0 aromatic carbocycles. The summed E-state index contributed by atoms with van der Waals surface area (Å²) in [6, 6.07) is 0. The van der Waals surface area contributed by atoms with Crippen LogP contribution in [0.2, 0.25) is 0 Å². The predicted octanol–water partition coefficient (Wildman–Crippen LogP) is 3.58. The molecular formula is C18H35N3O2S. The van der Waals surface area contributed by atoms with Crippen LogP contribution in [-0.4, -0.2) is 30.3 Å². The van der Waals surface area contributed by atoms with Crippen LogP contribution >= 0.6 is 12.2 Å². The van der Waals surface area contributed by atoms with Crippen LogP contribution in [0.3, 0.4) is 0 Å². The van der Waals surface area contributed by atoms with Gasteiger partial charge in [-0.3, -0.25) is 15.6 Å². The largest absolute Gasteiger partial charge is 0.376 e. The molecule has 0 radical (unpaired) electrons. The van der Waals surface area contributed by atoms with E-state index in [1.165, 1.54) is 44.9 Å². The Balaban J connectivity index is 1.86. The fourth-order valence-electron chi connectivity index (χ4n) is 2.84. The third-order valence-corrected chi connectivity index (χ3v) is 4.58. The zero-order valence-corrected chi connectivity index (χ0v) is 16.0. The summed E-state index contributed by atoms with van der Waals surface area (Å²) in [5.74, 6) is -0.000729. The molecule has 0 spiro atoms. The minimum absolute atomic E-state index is 0.000729. The Morgan fingerprint density at radius 1 is 1.04 bits per heavy atom. The number of hydrazine groups is 1. The molecule has 1 fully saturated rings. The maximum absolute atomic E-state index is 11.7. The number of carbonyl (C=O) groups is 1. The van der Waals surface area contributed by atoms with Crippen LogP contribution in [0.4, 0.5) is 0 Å². The molecule has 0 saturated carbocycles. The van der Waals surface area contributed by atoms with E-state index in [4.69, 9.17) is 17.0 Å². The van der Waals surface area contributed by atoms with Crippen molar-refractivity contribution in [3.05, 3.63) is 0 Å². The van der Waals surface area contributed by atoms with E-state index < -0.39 is 0 Å². The molecule has 0 aliphatic carbocycles. The van der Waals surface area contributed by atoms with Crippen molar-refractivity contribution in [3.63, 3.8) is 0 Å². The van der Waals surface area contributed by atoms with Crippen LogP contribution in [-0.2, 0) is 9.53 Å². The van der Waals surface area contributed by atoms with E-state index in [1.807, 2.05) is 0 Å². The molecule has 140 valence electrons. The molecule has 1 heterocycles. The molecule has 0 aromatic rings. The fraction of sp³-hybridized carbons (Fsp3) is 0.889. The summed E-state index contributed by atoms with van der Waals surface area (Å²) in [4.78, 5) is 11.7. The first-order valence-corrected chi connectivity index (χ1v) is 10.1. The number of thiocarbonyl (C=S) groups is 1. The van der Waals surface area contributed by atoms with Gasteiger partial charge in [0.15, 0.2) is 5.11 Å². The summed E-state index contributed by atoms with van der Waals surface area (Å²) >= 11 is 5.13. The SMILES string of the molecule is CCCCCCCCCCCC(=O)NNC(=S)NC[C@@H]1CCCO1. The lowest BCUT2D eigenvalue weighted by Gasteiger charge is -2.14. The molecule has 1 aliphatic heterocycles. The van der Waals surface area contributed by atoms with E-state index in [9.17, 15) is 4.79 Å². The second kappa shape index (κ2) is 14.5. The van der Waals surface area contributed by atoms with Gasteiger partial charge >= 0.3 is 0 Å². The van der Waals surface area contributed by atoms with E-state index in [1.54, 1.807) is 0 Å². The van der Waals surface area contributed by atoms with Crippen molar-refractivity contribution >= 4 is 23.2 Å². The maximum atomic E-state index is 11.7. The van der Waals surface area contributed by atoms with E-state index >= 15 is 0 Å². The number of ether oxygens (including phenoxy) is 1. The van der Waals surface area contributed by atoms with Crippen molar-refractivity contribution < 1.29 is 9.53 Å². The Bertz CT molecular complexity index is 347. The van der Waals surface area contributed by atoms with Gasteiger partial charge in [0.2, 0.25) is 5.91 Å². The smallest absolute Gasteiger partial charge is 0.238 e. The highest BCUT2D eigenvalue weighted by atomic mass is 32.1. The fourth-order valence-corrected chi connectivity index (χ4v) is 2.98. The molecule has 0 unspecified atom stereocenters. The quantitative estimate of drug-likeness (QED) is 0.283. The van der Waals surface area contributed by atoms with E-state index in [0.29, 0.717) is 18.1 Å². The predicted molar refractivity (Wildman–Crippen MR) is 103 cm³/mol. The van der Waals surface area contributed by atoms with Crippen LogP contribution in [0.15, 0.2) is 0 Å². The molecule has 1 amide bonds. The van der Waals surface area contributed by atoms with Crippen LogP contribution in [0.25, 0.3) is 0 Å². The molecule has 3 N–H and O–H groups in total. The van der Waals surface area contributed by atoms with E-state index in [-0.39, 0.29) is 12.0 Å². The number of carbonyl (C=O) groups excluding carboxylic acids is 1. The average Bonchev–Trinajstić information content (AvgIpc) is 3.10. The van der Waals surface area contributed by atoms with Gasteiger partial charge in [-0.1, -0.05) is 58.3 Å². The highest BCUT2D eigenvalue weighted by Gasteiger charge is 2.15. The number of nitrogens with one attached hydrogen (secondary N) is 3. The van der Waals surface area contributed by atoms with Crippen LogP contribution in [0, 0.1) is 0 Å². The van der Waals surface area contributed by atoms with Gasteiger partial charge in [0.25, 0.3) is 0 Å². The van der Waals surface area contributed by atoms with Gasteiger partial charge in [-0.05, 0) is 31.5 Å². The summed E-state index contributed by atoms with van der Waals surface area (Å²) in [5, 5.41) is 3.52. The molecule has 5 nitrogen and oxygen atoms in total.